The van der Waals surface area contributed by atoms with Gasteiger partial charge in [0.25, 0.3) is 0 Å². The molecular weight excluding hydrogens is 307 g/mol. The number of nitrogens with two attached hydrogens (primary N) is 1. The van der Waals surface area contributed by atoms with E-state index in [0.29, 0.717) is 6.54 Å². The molecule has 0 bridgehead atoms. The van der Waals surface area contributed by atoms with Crippen molar-refractivity contribution in [2.45, 2.75) is 31.1 Å². The molecule has 106 valence electrons. The van der Waals surface area contributed by atoms with Gasteiger partial charge in [-0.1, -0.05) is 30.1 Å². The van der Waals surface area contributed by atoms with Gasteiger partial charge in [-0.2, -0.15) is 0 Å². The SMILES string of the molecule is CCC1(CNS(=O)(=O)c2ccc(Cl)c(N)c2Cl)CC1. The first-order valence-electron chi connectivity index (χ1n) is 6.04. The van der Waals surface area contributed by atoms with Gasteiger partial charge >= 0.3 is 0 Å². The minimum atomic E-state index is -3.65. The van der Waals surface area contributed by atoms with E-state index < -0.39 is 10.0 Å². The molecule has 7 heteroatoms. The second-order valence-electron chi connectivity index (χ2n) is 4.95. The number of rotatable bonds is 5. The molecule has 0 aromatic heterocycles. The molecule has 0 aliphatic heterocycles. The molecule has 1 aromatic carbocycles. The van der Waals surface area contributed by atoms with E-state index in [1.165, 1.54) is 12.1 Å². The maximum atomic E-state index is 12.2. The lowest BCUT2D eigenvalue weighted by atomic mass is 10.1. The van der Waals surface area contributed by atoms with Crippen LogP contribution >= 0.6 is 23.2 Å². The number of nitrogens with one attached hydrogen (secondary N) is 1. The van der Waals surface area contributed by atoms with Crippen LogP contribution in [0, 0.1) is 5.41 Å². The molecule has 2 rings (SSSR count). The molecule has 0 spiro atoms. The van der Waals surface area contributed by atoms with Crippen LogP contribution in [0.5, 0.6) is 0 Å². The maximum absolute atomic E-state index is 12.2. The lowest BCUT2D eigenvalue weighted by Gasteiger charge is -2.15. The quantitative estimate of drug-likeness (QED) is 0.818. The average Bonchev–Trinajstić information content (AvgIpc) is 3.14. The predicted molar refractivity (Wildman–Crippen MR) is 78.0 cm³/mol. The van der Waals surface area contributed by atoms with Crippen molar-refractivity contribution in [1.29, 1.82) is 0 Å². The zero-order valence-electron chi connectivity index (χ0n) is 10.5. The van der Waals surface area contributed by atoms with Gasteiger partial charge in [0.15, 0.2) is 0 Å². The van der Waals surface area contributed by atoms with E-state index in [1.807, 2.05) is 0 Å². The highest BCUT2D eigenvalue weighted by atomic mass is 35.5. The molecule has 1 aliphatic rings. The van der Waals surface area contributed by atoms with Crippen LogP contribution in [-0.2, 0) is 10.0 Å². The van der Waals surface area contributed by atoms with Gasteiger partial charge in [0.2, 0.25) is 10.0 Å². The van der Waals surface area contributed by atoms with Crippen molar-refractivity contribution in [2.24, 2.45) is 5.41 Å². The van der Waals surface area contributed by atoms with Crippen molar-refractivity contribution >= 4 is 38.9 Å². The smallest absolute Gasteiger partial charge is 0.242 e. The van der Waals surface area contributed by atoms with E-state index in [1.54, 1.807) is 0 Å². The van der Waals surface area contributed by atoms with Crippen LogP contribution in [0.1, 0.15) is 26.2 Å². The Morgan fingerprint density at radius 2 is 2.00 bits per heavy atom. The summed E-state index contributed by atoms with van der Waals surface area (Å²) in [6.45, 7) is 2.50. The number of sulfonamides is 1. The lowest BCUT2D eigenvalue weighted by molar-refractivity contribution is 0.475. The van der Waals surface area contributed by atoms with E-state index in [2.05, 4.69) is 11.6 Å². The van der Waals surface area contributed by atoms with Gasteiger partial charge in [-0.3, -0.25) is 0 Å². The number of benzene rings is 1. The largest absolute Gasteiger partial charge is 0.396 e. The van der Waals surface area contributed by atoms with E-state index >= 15 is 0 Å². The molecule has 1 fully saturated rings. The Balaban J connectivity index is 2.23. The van der Waals surface area contributed by atoms with Crippen molar-refractivity contribution in [2.75, 3.05) is 12.3 Å². The Labute approximate surface area is 123 Å². The summed E-state index contributed by atoms with van der Waals surface area (Å²) in [6.07, 6.45) is 3.08. The summed E-state index contributed by atoms with van der Waals surface area (Å²) < 4.78 is 27.0. The summed E-state index contributed by atoms with van der Waals surface area (Å²) in [5.74, 6) is 0. The Bertz CT molecular complexity index is 598. The molecule has 0 unspecified atom stereocenters. The first-order chi connectivity index (χ1) is 8.81. The monoisotopic (exact) mass is 322 g/mol. The van der Waals surface area contributed by atoms with E-state index in [0.717, 1.165) is 19.3 Å². The van der Waals surface area contributed by atoms with Crippen molar-refractivity contribution in [3.05, 3.63) is 22.2 Å². The highest BCUT2D eigenvalue weighted by Gasteiger charge is 2.41. The van der Waals surface area contributed by atoms with E-state index in [-0.39, 0.29) is 26.0 Å². The molecule has 0 radical (unpaired) electrons. The molecule has 0 heterocycles. The molecule has 1 aliphatic carbocycles. The molecule has 0 saturated heterocycles. The minimum absolute atomic E-state index is 0.0250. The van der Waals surface area contributed by atoms with Gasteiger partial charge in [-0.05, 0) is 36.8 Å². The maximum Gasteiger partial charge on any atom is 0.242 e. The van der Waals surface area contributed by atoms with Crippen LogP contribution in [0.2, 0.25) is 10.0 Å². The van der Waals surface area contributed by atoms with Crippen LogP contribution in [0.4, 0.5) is 5.69 Å². The Kier molecular flexibility index (Phi) is 4.02. The summed E-state index contributed by atoms with van der Waals surface area (Å²) in [5.41, 5.74) is 5.85. The number of hydrogen-bond donors (Lipinski definition) is 2. The molecule has 1 saturated carbocycles. The van der Waals surface area contributed by atoms with Crippen LogP contribution in [-0.4, -0.2) is 15.0 Å². The number of nitrogen functional groups attached to an aromatic ring is 1. The van der Waals surface area contributed by atoms with E-state index in [9.17, 15) is 8.42 Å². The van der Waals surface area contributed by atoms with E-state index in [4.69, 9.17) is 28.9 Å². The van der Waals surface area contributed by atoms with Crippen LogP contribution in [0.25, 0.3) is 0 Å². The molecule has 19 heavy (non-hydrogen) atoms. The normalized spacial score (nSPS) is 17.4. The Morgan fingerprint density at radius 3 is 2.53 bits per heavy atom. The number of anilines is 1. The first-order valence-corrected chi connectivity index (χ1v) is 8.28. The third-order valence-electron chi connectivity index (χ3n) is 3.72. The zero-order valence-corrected chi connectivity index (χ0v) is 12.9. The van der Waals surface area contributed by atoms with Gasteiger partial charge in [-0.25, -0.2) is 13.1 Å². The van der Waals surface area contributed by atoms with Crippen molar-refractivity contribution in [3.8, 4) is 0 Å². The number of hydrogen-bond acceptors (Lipinski definition) is 3. The van der Waals surface area contributed by atoms with Gasteiger partial charge in [0, 0.05) is 6.54 Å². The minimum Gasteiger partial charge on any atom is -0.396 e. The summed E-state index contributed by atoms with van der Waals surface area (Å²) >= 11 is 11.7. The van der Waals surface area contributed by atoms with Crippen LogP contribution in [0.15, 0.2) is 17.0 Å². The molecule has 1 aromatic rings. The molecule has 0 atom stereocenters. The average molecular weight is 323 g/mol. The topological polar surface area (TPSA) is 72.2 Å². The molecule has 3 N–H and O–H groups in total. The summed E-state index contributed by atoms with van der Waals surface area (Å²) in [6, 6.07) is 2.80. The van der Waals surface area contributed by atoms with Gasteiger partial charge in [0.1, 0.15) is 4.90 Å². The summed E-state index contributed by atoms with van der Waals surface area (Å²) in [4.78, 5) is -0.0250. The summed E-state index contributed by atoms with van der Waals surface area (Å²) in [7, 11) is -3.65. The Morgan fingerprint density at radius 1 is 1.37 bits per heavy atom. The predicted octanol–water partition coefficient (Wildman–Crippen LogP) is 3.04. The highest BCUT2D eigenvalue weighted by molar-refractivity contribution is 7.89. The van der Waals surface area contributed by atoms with Crippen molar-refractivity contribution < 1.29 is 8.42 Å². The van der Waals surface area contributed by atoms with Crippen LogP contribution in [0.3, 0.4) is 0 Å². The Hall–Kier alpha value is -0.490. The standard InChI is InChI=1S/C12H16Cl2N2O2S/c1-2-12(5-6-12)7-16-19(17,18)9-4-3-8(13)11(15)10(9)14/h3-4,16H,2,5-7,15H2,1H3. The fourth-order valence-corrected chi connectivity index (χ4v) is 3.84. The highest BCUT2D eigenvalue weighted by Crippen LogP contribution is 2.48. The van der Waals surface area contributed by atoms with Crippen molar-refractivity contribution in [3.63, 3.8) is 0 Å². The molecule has 0 amide bonds. The summed E-state index contributed by atoms with van der Waals surface area (Å²) in [5, 5.41) is 0.220. The van der Waals surface area contributed by atoms with Crippen molar-refractivity contribution in [1.82, 2.24) is 4.72 Å². The van der Waals surface area contributed by atoms with Gasteiger partial charge < -0.3 is 5.73 Å². The fraction of sp³-hybridized carbons (Fsp3) is 0.500. The lowest BCUT2D eigenvalue weighted by Crippen LogP contribution is -2.30. The third-order valence-corrected chi connectivity index (χ3v) is 6.02. The number of halogens is 2. The second-order valence-corrected chi connectivity index (χ2v) is 7.47. The molecule has 4 nitrogen and oxygen atoms in total. The molecular formula is C12H16Cl2N2O2S. The van der Waals surface area contributed by atoms with Crippen LogP contribution < -0.4 is 10.5 Å². The second kappa shape index (κ2) is 5.13. The third kappa shape index (κ3) is 2.99. The van der Waals surface area contributed by atoms with Gasteiger partial charge in [0.05, 0.1) is 15.7 Å². The fourth-order valence-electron chi connectivity index (χ4n) is 1.91. The first kappa shape index (κ1) is 14.9. The van der Waals surface area contributed by atoms with Gasteiger partial charge in [-0.15, -0.1) is 0 Å². The zero-order chi connectivity index (χ0) is 14.3.